The molecule has 0 radical (unpaired) electrons. The second kappa shape index (κ2) is 8.99. The third-order valence-electron chi connectivity index (χ3n) is 5.78. The third-order valence-corrected chi connectivity index (χ3v) is 6.09. The molecule has 2 aromatic heterocycles. The summed E-state index contributed by atoms with van der Waals surface area (Å²) in [5.74, 6) is 0.0966. The van der Waals surface area contributed by atoms with Crippen LogP contribution in [0.1, 0.15) is 30.4 Å². The van der Waals surface area contributed by atoms with Crippen LogP contribution < -0.4 is 15.5 Å². The van der Waals surface area contributed by atoms with E-state index in [4.69, 9.17) is 12.2 Å². The number of rotatable bonds is 5. The summed E-state index contributed by atoms with van der Waals surface area (Å²) in [4.78, 5) is 18.1. The zero-order chi connectivity index (χ0) is 23.7. The van der Waals surface area contributed by atoms with Crippen molar-refractivity contribution in [2.75, 3.05) is 10.2 Å². The molecule has 1 fully saturated rings. The number of hydrogen-bond acceptors (Lipinski definition) is 4. The maximum Gasteiger partial charge on any atom is 0.221 e. The lowest BCUT2D eigenvalue weighted by Gasteiger charge is -2.29. The summed E-state index contributed by atoms with van der Waals surface area (Å²) in [6, 6.07) is 24.3. The van der Waals surface area contributed by atoms with Crippen molar-refractivity contribution < 1.29 is 9.90 Å². The van der Waals surface area contributed by atoms with E-state index in [2.05, 4.69) is 31.2 Å². The van der Waals surface area contributed by atoms with Gasteiger partial charge >= 0.3 is 0 Å². The molecule has 5 rings (SSSR count). The number of hydrogen-bond donors (Lipinski definition) is 3. The van der Waals surface area contributed by atoms with E-state index in [-0.39, 0.29) is 23.7 Å². The van der Waals surface area contributed by atoms with Crippen molar-refractivity contribution in [3.8, 4) is 11.4 Å². The van der Waals surface area contributed by atoms with Gasteiger partial charge < -0.3 is 25.2 Å². The van der Waals surface area contributed by atoms with Crippen molar-refractivity contribution >= 4 is 34.6 Å². The normalized spacial score (nSPS) is 17.4. The molecule has 3 N–H and O–H groups in total. The van der Waals surface area contributed by atoms with Crippen LogP contribution in [0.3, 0.4) is 0 Å². The molecule has 4 aromatic rings. The zero-order valence-corrected chi connectivity index (χ0v) is 19.2. The number of nitrogens with one attached hydrogen (secondary N) is 2. The van der Waals surface area contributed by atoms with Crippen molar-refractivity contribution in [2.24, 2.45) is 0 Å². The minimum Gasteiger partial charge on any atom is -0.508 e. The van der Waals surface area contributed by atoms with Crippen molar-refractivity contribution in [3.05, 3.63) is 103 Å². The van der Waals surface area contributed by atoms with Crippen LogP contribution in [0, 0.1) is 0 Å². The van der Waals surface area contributed by atoms with Gasteiger partial charge in [-0.15, -0.1) is 0 Å². The molecule has 1 aliphatic heterocycles. The van der Waals surface area contributed by atoms with Gasteiger partial charge in [0.1, 0.15) is 11.8 Å². The molecule has 1 amide bonds. The van der Waals surface area contributed by atoms with E-state index in [0.29, 0.717) is 5.11 Å². The van der Waals surface area contributed by atoms with Gasteiger partial charge in [-0.05, 0) is 85.0 Å². The summed E-state index contributed by atoms with van der Waals surface area (Å²) in [7, 11) is 0. The van der Waals surface area contributed by atoms with E-state index in [1.165, 1.54) is 6.92 Å². The van der Waals surface area contributed by atoms with Gasteiger partial charge in [0.25, 0.3) is 0 Å². The first-order valence-corrected chi connectivity index (χ1v) is 11.3. The lowest BCUT2D eigenvalue weighted by atomic mass is 10.0. The lowest BCUT2D eigenvalue weighted by molar-refractivity contribution is -0.114. The molecule has 1 saturated heterocycles. The van der Waals surface area contributed by atoms with Crippen LogP contribution in [0.15, 0.2) is 91.3 Å². The summed E-state index contributed by atoms with van der Waals surface area (Å²) < 4.78 is 2.09. The maximum absolute atomic E-state index is 11.4. The van der Waals surface area contributed by atoms with Crippen LogP contribution in [0.5, 0.6) is 5.75 Å². The Morgan fingerprint density at radius 1 is 1.00 bits per heavy atom. The topological polar surface area (TPSA) is 82.4 Å². The molecular formula is C26H23N5O2S. The van der Waals surface area contributed by atoms with Gasteiger partial charge in [0.05, 0.1) is 11.7 Å². The molecule has 0 aliphatic carbocycles. The number of benzene rings is 2. The summed E-state index contributed by atoms with van der Waals surface area (Å²) in [6.45, 7) is 1.48. The van der Waals surface area contributed by atoms with Gasteiger partial charge in [-0.25, -0.2) is 0 Å². The van der Waals surface area contributed by atoms with E-state index >= 15 is 0 Å². The minimum absolute atomic E-state index is 0.120. The van der Waals surface area contributed by atoms with Crippen LogP contribution in [0.25, 0.3) is 5.69 Å². The van der Waals surface area contributed by atoms with Gasteiger partial charge in [0.2, 0.25) is 5.91 Å². The second-order valence-corrected chi connectivity index (χ2v) is 8.43. The van der Waals surface area contributed by atoms with Gasteiger partial charge in [-0.2, -0.15) is 0 Å². The number of carbonyl (C=O) groups is 1. The van der Waals surface area contributed by atoms with Gasteiger partial charge in [-0.3, -0.25) is 9.78 Å². The molecule has 8 heteroatoms. The Kier molecular flexibility index (Phi) is 5.73. The van der Waals surface area contributed by atoms with Crippen LogP contribution in [0.2, 0.25) is 0 Å². The Hall–Kier alpha value is -4.17. The second-order valence-electron chi connectivity index (χ2n) is 8.04. The molecule has 3 heterocycles. The smallest absolute Gasteiger partial charge is 0.221 e. The first kappa shape index (κ1) is 21.7. The zero-order valence-electron chi connectivity index (χ0n) is 18.4. The van der Waals surface area contributed by atoms with E-state index in [9.17, 15) is 9.90 Å². The molecule has 0 saturated carbocycles. The fourth-order valence-electron chi connectivity index (χ4n) is 4.33. The Morgan fingerprint density at radius 2 is 1.74 bits per heavy atom. The predicted octanol–water partition coefficient (Wildman–Crippen LogP) is 4.71. The quantitative estimate of drug-likeness (QED) is 0.367. The fourth-order valence-corrected chi connectivity index (χ4v) is 4.67. The Bertz CT molecular complexity index is 1320. The van der Waals surface area contributed by atoms with Gasteiger partial charge in [0, 0.05) is 42.1 Å². The molecule has 34 heavy (non-hydrogen) atoms. The van der Waals surface area contributed by atoms with Crippen molar-refractivity contribution in [1.29, 1.82) is 0 Å². The monoisotopic (exact) mass is 469 g/mol. The Morgan fingerprint density at radius 3 is 2.41 bits per heavy atom. The average Bonchev–Trinajstić information content (AvgIpc) is 3.45. The summed E-state index contributed by atoms with van der Waals surface area (Å²) in [5.41, 5.74) is 4.44. The van der Waals surface area contributed by atoms with Crippen LogP contribution in [-0.4, -0.2) is 25.7 Å². The molecule has 0 spiro atoms. The highest BCUT2D eigenvalue weighted by molar-refractivity contribution is 7.80. The van der Waals surface area contributed by atoms with Gasteiger partial charge in [0.15, 0.2) is 5.11 Å². The molecule has 0 bridgehead atoms. The third kappa shape index (κ3) is 4.11. The average molecular weight is 470 g/mol. The number of phenols is 1. The Labute approximate surface area is 202 Å². The van der Waals surface area contributed by atoms with Crippen LogP contribution >= 0.6 is 12.2 Å². The summed E-state index contributed by atoms with van der Waals surface area (Å²) in [6.07, 6.45) is 3.78. The first-order chi connectivity index (χ1) is 16.5. The minimum atomic E-state index is -0.196. The SMILES string of the molecule is CC(=O)Nc1ccc(N2C(=S)N[C@@H](c3ccccn3)[C@H]2c2cccn2-c2ccc(O)cc2)cc1. The van der Waals surface area contributed by atoms with Gasteiger partial charge in [-0.1, -0.05) is 6.07 Å². The van der Waals surface area contributed by atoms with Crippen molar-refractivity contribution in [1.82, 2.24) is 14.9 Å². The van der Waals surface area contributed by atoms with Crippen LogP contribution in [-0.2, 0) is 4.79 Å². The lowest BCUT2D eigenvalue weighted by Crippen LogP contribution is -2.30. The van der Waals surface area contributed by atoms with Crippen molar-refractivity contribution in [2.45, 2.75) is 19.0 Å². The maximum atomic E-state index is 11.4. The number of anilines is 2. The van der Waals surface area contributed by atoms with Crippen LogP contribution in [0.4, 0.5) is 11.4 Å². The highest BCUT2D eigenvalue weighted by Gasteiger charge is 2.42. The summed E-state index contributed by atoms with van der Waals surface area (Å²) in [5, 5.41) is 16.6. The number of aromatic nitrogens is 2. The number of pyridine rings is 1. The standard InChI is InChI=1S/C26H23N5O2S/c1-17(32)28-18-7-9-20(10-8-18)31-25(24(29-26(31)34)22-5-2-3-15-27-22)23-6-4-16-30(23)19-11-13-21(33)14-12-19/h2-16,24-25,33H,1H3,(H,28,32)(H,29,34)/t24-,25+/m0/s1. The highest BCUT2D eigenvalue weighted by atomic mass is 32.1. The number of thiocarbonyl (C=S) groups is 1. The molecule has 170 valence electrons. The molecule has 0 unspecified atom stereocenters. The van der Waals surface area contributed by atoms with E-state index in [1.54, 1.807) is 18.3 Å². The highest BCUT2D eigenvalue weighted by Crippen LogP contribution is 2.42. The Balaban J connectivity index is 1.61. The number of carbonyl (C=O) groups excluding carboxylic acids is 1. The number of phenolic OH excluding ortho intramolecular Hbond substituents is 1. The van der Waals surface area contributed by atoms with Crippen molar-refractivity contribution in [3.63, 3.8) is 0 Å². The molecule has 1 aliphatic rings. The van der Waals surface area contributed by atoms with E-state index < -0.39 is 0 Å². The fraction of sp³-hybridized carbons (Fsp3) is 0.115. The number of amides is 1. The number of nitrogens with zero attached hydrogens (tertiary/aromatic N) is 3. The predicted molar refractivity (Wildman–Crippen MR) is 136 cm³/mol. The largest absolute Gasteiger partial charge is 0.508 e. The molecule has 7 nitrogen and oxygen atoms in total. The number of aromatic hydroxyl groups is 1. The first-order valence-electron chi connectivity index (χ1n) is 10.9. The molecule has 2 atom stereocenters. The van der Waals surface area contributed by atoms with E-state index in [1.807, 2.05) is 66.9 Å². The molecular weight excluding hydrogens is 446 g/mol. The van der Waals surface area contributed by atoms with E-state index in [0.717, 1.165) is 28.5 Å². The summed E-state index contributed by atoms with van der Waals surface area (Å²) >= 11 is 5.81. The molecule has 2 aromatic carbocycles.